The van der Waals surface area contributed by atoms with E-state index in [1.165, 1.54) is 4.90 Å². The van der Waals surface area contributed by atoms with E-state index in [9.17, 15) is 34.2 Å². The molecule has 0 rings (SSSR count). The Morgan fingerprint density at radius 2 is 0.786 bits per heavy atom. The van der Waals surface area contributed by atoms with Crippen molar-refractivity contribution in [3.8, 4) is 0 Å². The van der Waals surface area contributed by atoms with Gasteiger partial charge in [0.25, 0.3) is 0 Å². The molecule has 1 radical (unpaired) electrons. The van der Waals surface area contributed by atoms with Gasteiger partial charge in [0, 0.05) is 39.3 Å². The van der Waals surface area contributed by atoms with Gasteiger partial charge in [0.15, 0.2) is 0 Å². The Kier molecular flexibility index (Phi) is 15.9. The van der Waals surface area contributed by atoms with Crippen molar-refractivity contribution in [2.75, 3.05) is 58.9 Å². The molecule has 0 bridgehead atoms. The summed E-state index contributed by atoms with van der Waals surface area (Å²) >= 11 is 0. The molecule has 13 nitrogen and oxygen atoms in total. The molecule has 0 aliphatic rings. The minimum absolute atomic E-state index is 0. The SMILES string of the molecule is O=C([O-])CN(CCN(CC(=O)[O-])CC(=O)O)CCN(CC(=O)O)CC(=O)O.[Gd+3]. The van der Waals surface area contributed by atoms with Crippen molar-refractivity contribution < 1.29 is 89.4 Å². The summed E-state index contributed by atoms with van der Waals surface area (Å²) in [5, 5.41) is 47.8. The van der Waals surface area contributed by atoms with Gasteiger partial charge in [-0.2, -0.15) is 0 Å². The second-order valence-electron chi connectivity index (χ2n) is 5.62. The molecule has 0 heterocycles. The molecule has 159 valence electrons. The van der Waals surface area contributed by atoms with Crippen LogP contribution in [-0.2, 0) is 24.0 Å². The molecule has 28 heavy (non-hydrogen) atoms. The third-order valence-electron chi connectivity index (χ3n) is 3.25. The maximum Gasteiger partial charge on any atom is 3.00 e. The fraction of sp³-hybridized carbons (Fsp3) is 0.643. The molecule has 0 atom stereocenters. The summed E-state index contributed by atoms with van der Waals surface area (Å²) < 4.78 is 0. The summed E-state index contributed by atoms with van der Waals surface area (Å²) in [7, 11) is 0. The Balaban J connectivity index is 0. The van der Waals surface area contributed by atoms with Crippen molar-refractivity contribution in [2.24, 2.45) is 0 Å². The predicted octanol–water partition coefficient (Wildman–Crippen LogP) is -5.35. The summed E-state index contributed by atoms with van der Waals surface area (Å²) in [6.45, 7) is -3.32. The third-order valence-corrected chi connectivity index (χ3v) is 3.25. The number of carboxylic acid groups (broad SMARTS) is 5. The van der Waals surface area contributed by atoms with E-state index in [1.807, 2.05) is 0 Å². The first-order chi connectivity index (χ1) is 12.5. The van der Waals surface area contributed by atoms with Crippen molar-refractivity contribution in [3.05, 3.63) is 0 Å². The van der Waals surface area contributed by atoms with E-state index in [1.54, 1.807) is 0 Å². The van der Waals surface area contributed by atoms with Gasteiger partial charge >= 0.3 is 57.8 Å². The Morgan fingerprint density at radius 3 is 1.07 bits per heavy atom. The van der Waals surface area contributed by atoms with Crippen molar-refractivity contribution in [1.82, 2.24) is 14.7 Å². The van der Waals surface area contributed by atoms with Crippen LogP contribution in [0.4, 0.5) is 0 Å². The third kappa shape index (κ3) is 16.7. The van der Waals surface area contributed by atoms with Crippen LogP contribution >= 0.6 is 0 Å². The van der Waals surface area contributed by atoms with Gasteiger partial charge in [-0.1, -0.05) is 0 Å². The van der Waals surface area contributed by atoms with E-state index >= 15 is 0 Å². The van der Waals surface area contributed by atoms with Gasteiger partial charge in [0.05, 0.1) is 31.6 Å². The van der Waals surface area contributed by atoms with Gasteiger partial charge in [0.2, 0.25) is 0 Å². The zero-order valence-electron chi connectivity index (χ0n) is 14.8. The van der Waals surface area contributed by atoms with Crippen LogP contribution in [0.15, 0.2) is 0 Å². The van der Waals surface area contributed by atoms with Crippen LogP contribution in [0.1, 0.15) is 0 Å². The van der Waals surface area contributed by atoms with Crippen LogP contribution in [0.2, 0.25) is 0 Å². The predicted molar refractivity (Wildman–Crippen MR) is 82.2 cm³/mol. The van der Waals surface area contributed by atoms with Crippen LogP contribution in [0, 0.1) is 39.9 Å². The molecule has 0 unspecified atom stereocenters. The molecular formula is C14H21GdN3O10+. The first-order valence-electron chi connectivity index (χ1n) is 7.71. The van der Waals surface area contributed by atoms with E-state index in [0.717, 1.165) is 9.80 Å². The summed E-state index contributed by atoms with van der Waals surface area (Å²) in [5.74, 6) is -6.76. The number of carbonyl (C=O) groups excluding carboxylic acids is 2. The average Bonchev–Trinajstić information content (AvgIpc) is 2.46. The van der Waals surface area contributed by atoms with E-state index in [4.69, 9.17) is 15.3 Å². The second-order valence-corrected chi connectivity index (χ2v) is 5.62. The van der Waals surface area contributed by atoms with Crippen molar-refractivity contribution >= 4 is 29.8 Å². The fourth-order valence-corrected chi connectivity index (χ4v) is 2.20. The summed E-state index contributed by atoms with van der Waals surface area (Å²) in [6, 6.07) is 0. The van der Waals surface area contributed by atoms with Crippen molar-refractivity contribution in [2.45, 2.75) is 0 Å². The molecule has 0 aromatic heterocycles. The largest absolute Gasteiger partial charge is 3.00 e. The molecule has 0 fully saturated rings. The molecule has 0 aliphatic heterocycles. The Morgan fingerprint density at radius 1 is 0.536 bits per heavy atom. The number of hydrogen-bond donors (Lipinski definition) is 3. The number of aliphatic carboxylic acids is 5. The van der Waals surface area contributed by atoms with Crippen LogP contribution in [0.25, 0.3) is 0 Å². The van der Waals surface area contributed by atoms with Gasteiger partial charge in [-0.25, -0.2) is 0 Å². The van der Waals surface area contributed by atoms with E-state index in [0.29, 0.717) is 0 Å². The zero-order chi connectivity index (χ0) is 21.0. The minimum atomic E-state index is -1.50. The summed E-state index contributed by atoms with van der Waals surface area (Å²) in [6.07, 6.45) is 0. The topological polar surface area (TPSA) is 202 Å². The molecule has 0 aromatic rings. The fourth-order valence-electron chi connectivity index (χ4n) is 2.20. The number of carboxylic acids is 5. The van der Waals surface area contributed by atoms with Crippen LogP contribution in [0.5, 0.6) is 0 Å². The average molecular weight is 549 g/mol. The smallest absolute Gasteiger partial charge is 0.549 e. The molecule has 0 amide bonds. The van der Waals surface area contributed by atoms with Gasteiger partial charge in [-0.3, -0.25) is 29.1 Å². The monoisotopic (exact) mass is 549 g/mol. The summed E-state index contributed by atoms with van der Waals surface area (Å²) in [4.78, 5) is 57.1. The number of hydrogen-bond acceptors (Lipinski definition) is 10. The summed E-state index contributed by atoms with van der Waals surface area (Å²) in [5.41, 5.74) is 0. The second kappa shape index (κ2) is 15.5. The zero-order valence-corrected chi connectivity index (χ0v) is 17.0. The molecule has 0 spiro atoms. The molecule has 0 saturated heterocycles. The Hall–Kier alpha value is -1.45. The first-order valence-corrected chi connectivity index (χ1v) is 7.71. The molecular weight excluding hydrogens is 527 g/mol. The normalized spacial score (nSPS) is 10.7. The molecule has 14 heteroatoms. The number of carbonyl (C=O) groups is 5. The van der Waals surface area contributed by atoms with Crippen LogP contribution in [0.3, 0.4) is 0 Å². The molecule has 0 aliphatic carbocycles. The van der Waals surface area contributed by atoms with Gasteiger partial charge < -0.3 is 35.1 Å². The number of nitrogens with zero attached hydrogens (tertiary/aromatic N) is 3. The van der Waals surface area contributed by atoms with Gasteiger partial charge in [-0.05, 0) is 0 Å². The quantitative estimate of drug-likeness (QED) is 0.165. The first kappa shape index (κ1) is 28.8. The maximum atomic E-state index is 10.8. The maximum absolute atomic E-state index is 10.8. The van der Waals surface area contributed by atoms with E-state index < -0.39 is 62.6 Å². The Labute approximate surface area is 192 Å². The standard InChI is InChI=1S/C14H23N3O10.Gd/c18-10(19)5-15(1-3-16(6-11(20)21)7-12(22)23)2-4-17(8-13(24)25)9-14(26)27;/h1-9H2,(H,18,19)(H,20,21)(H,22,23)(H,24,25)(H,26,27);/q;+3/p-2. The minimum Gasteiger partial charge on any atom is -0.549 e. The van der Waals surface area contributed by atoms with Crippen molar-refractivity contribution in [1.29, 1.82) is 0 Å². The van der Waals surface area contributed by atoms with Crippen LogP contribution in [-0.4, -0.2) is 119 Å². The molecule has 0 saturated carbocycles. The van der Waals surface area contributed by atoms with Crippen molar-refractivity contribution in [3.63, 3.8) is 0 Å². The molecule has 0 aromatic carbocycles. The number of rotatable bonds is 16. The van der Waals surface area contributed by atoms with Gasteiger partial charge in [0.1, 0.15) is 0 Å². The van der Waals surface area contributed by atoms with Crippen LogP contribution < -0.4 is 10.2 Å². The molecule has 3 N–H and O–H groups in total. The van der Waals surface area contributed by atoms with E-state index in [-0.39, 0.29) is 66.1 Å². The van der Waals surface area contributed by atoms with Gasteiger partial charge in [-0.15, -0.1) is 0 Å². The van der Waals surface area contributed by atoms with E-state index in [2.05, 4.69) is 0 Å². The Bertz CT molecular complexity index is 487.